The van der Waals surface area contributed by atoms with Crippen molar-refractivity contribution in [2.45, 2.75) is 6.18 Å². The molecule has 0 aliphatic heterocycles. The molecule has 1 N–H and O–H groups in total. The monoisotopic (exact) mass is 403 g/mol. The van der Waals surface area contributed by atoms with Crippen LogP contribution in [0.2, 0.25) is 0 Å². The van der Waals surface area contributed by atoms with E-state index in [2.05, 4.69) is 15.3 Å². The molecule has 0 spiro atoms. The number of nitrogens with one attached hydrogen (secondary N) is 1. The van der Waals surface area contributed by atoms with Crippen LogP contribution in [0, 0.1) is 0 Å². The molecule has 6 nitrogen and oxygen atoms in total. The summed E-state index contributed by atoms with van der Waals surface area (Å²) in [4.78, 5) is 20.3. The van der Waals surface area contributed by atoms with Crippen LogP contribution in [0.15, 0.2) is 54.9 Å². The maximum atomic E-state index is 12.7. The van der Waals surface area contributed by atoms with Gasteiger partial charge in [0, 0.05) is 23.6 Å². The average molecular weight is 403 g/mol. The van der Waals surface area contributed by atoms with Crippen molar-refractivity contribution in [3.63, 3.8) is 0 Å². The van der Waals surface area contributed by atoms with Gasteiger partial charge in [0.25, 0.3) is 0 Å². The van der Waals surface area contributed by atoms with Crippen molar-refractivity contribution in [2.24, 2.45) is 0 Å². The van der Waals surface area contributed by atoms with Crippen LogP contribution in [0.5, 0.6) is 5.75 Å². The molecule has 3 rings (SSSR count). The Bertz CT molecular complexity index is 1020. The molecule has 0 radical (unpaired) electrons. The molecule has 0 aliphatic carbocycles. The first kappa shape index (κ1) is 20.1. The van der Waals surface area contributed by atoms with E-state index in [4.69, 9.17) is 9.47 Å². The van der Waals surface area contributed by atoms with Gasteiger partial charge in [-0.2, -0.15) is 13.2 Å². The number of halogens is 3. The number of carbonyl (C=O) groups excluding carboxylic acids is 1. The molecule has 2 aromatic carbocycles. The summed E-state index contributed by atoms with van der Waals surface area (Å²) in [6.45, 7) is 0. The van der Waals surface area contributed by atoms with Crippen molar-refractivity contribution in [1.82, 2.24) is 9.97 Å². The summed E-state index contributed by atoms with van der Waals surface area (Å²) in [6.07, 6.45) is -1.47. The normalized spacial score (nSPS) is 11.1. The zero-order chi connectivity index (χ0) is 21.0. The van der Waals surface area contributed by atoms with Crippen LogP contribution in [0.1, 0.15) is 15.9 Å². The van der Waals surface area contributed by atoms with E-state index in [0.717, 1.165) is 12.1 Å². The molecule has 0 amide bonds. The molecule has 0 unspecified atom stereocenters. The summed E-state index contributed by atoms with van der Waals surface area (Å²) in [5.74, 6) is 0.0799. The summed E-state index contributed by atoms with van der Waals surface area (Å²) in [5.41, 5.74) is 0.947. The summed E-state index contributed by atoms with van der Waals surface area (Å²) >= 11 is 0. The highest BCUT2D eigenvalue weighted by molar-refractivity contribution is 5.93. The van der Waals surface area contributed by atoms with Gasteiger partial charge in [-0.25, -0.2) is 9.78 Å². The maximum absolute atomic E-state index is 12.7. The van der Waals surface area contributed by atoms with Crippen molar-refractivity contribution >= 4 is 17.5 Å². The van der Waals surface area contributed by atoms with Crippen LogP contribution in [0.3, 0.4) is 0 Å². The van der Waals surface area contributed by atoms with Crippen LogP contribution in [-0.2, 0) is 10.9 Å². The van der Waals surface area contributed by atoms with Gasteiger partial charge < -0.3 is 14.8 Å². The molecule has 0 bridgehead atoms. The Balaban J connectivity index is 1.94. The number of hydrogen-bond acceptors (Lipinski definition) is 6. The first-order valence-electron chi connectivity index (χ1n) is 8.35. The van der Waals surface area contributed by atoms with Crippen LogP contribution >= 0.6 is 0 Å². The molecule has 0 atom stereocenters. The predicted molar refractivity (Wildman–Crippen MR) is 100 cm³/mol. The molecular weight excluding hydrogens is 387 g/mol. The van der Waals surface area contributed by atoms with Gasteiger partial charge in [-0.05, 0) is 36.4 Å². The zero-order valence-electron chi connectivity index (χ0n) is 15.4. The molecule has 3 aromatic rings. The quantitative estimate of drug-likeness (QED) is 0.623. The molecule has 1 heterocycles. The minimum absolute atomic E-state index is 0.250. The highest BCUT2D eigenvalue weighted by atomic mass is 19.4. The first-order valence-corrected chi connectivity index (χ1v) is 8.35. The molecule has 9 heteroatoms. The van der Waals surface area contributed by atoms with Crippen molar-refractivity contribution in [3.05, 3.63) is 66.0 Å². The number of rotatable bonds is 5. The van der Waals surface area contributed by atoms with E-state index in [1.54, 1.807) is 12.1 Å². The van der Waals surface area contributed by atoms with E-state index in [1.165, 1.54) is 44.8 Å². The van der Waals surface area contributed by atoms with Crippen molar-refractivity contribution in [3.8, 4) is 17.0 Å². The minimum atomic E-state index is -4.41. The van der Waals surface area contributed by atoms with Crippen molar-refractivity contribution in [1.29, 1.82) is 0 Å². The van der Waals surface area contributed by atoms with Gasteiger partial charge in [-0.15, -0.1) is 0 Å². The lowest BCUT2D eigenvalue weighted by molar-refractivity contribution is -0.137. The lowest BCUT2D eigenvalue weighted by Crippen LogP contribution is -2.05. The molecule has 0 fully saturated rings. The number of anilines is 2. The van der Waals surface area contributed by atoms with Crippen molar-refractivity contribution < 1.29 is 27.4 Å². The van der Waals surface area contributed by atoms with E-state index in [1.807, 2.05) is 0 Å². The number of ether oxygens (including phenoxy) is 2. The number of esters is 1. The topological polar surface area (TPSA) is 73.3 Å². The van der Waals surface area contributed by atoms with Crippen LogP contribution in [0.25, 0.3) is 11.3 Å². The highest BCUT2D eigenvalue weighted by Crippen LogP contribution is 2.33. The Morgan fingerprint density at radius 1 is 1.00 bits per heavy atom. The molecule has 150 valence electrons. The Hall–Kier alpha value is -3.62. The van der Waals surface area contributed by atoms with Crippen LogP contribution < -0.4 is 10.1 Å². The number of alkyl halides is 3. The van der Waals surface area contributed by atoms with Crippen molar-refractivity contribution in [2.75, 3.05) is 19.5 Å². The fourth-order valence-corrected chi connectivity index (χ4v) is 2.64. The van der Waals surface area contributed by atoms with Crippen LogP contribution in [-0.4, -0.2) is 30.2 Å². The van der Waals surface area contributed by atoms with Gasteiger partial charge in [0.15, 0.2) is 5.82 Å². The zero-order valence-corrected chi connectivity index (χ0v) is 15.4. The summed E-state index contributed by atoms with van der Waals surface area (Å²) in [6, 6.07) is 9.37. The smallest absolute Gasteiger partial charge is 0.416 e. The Morgan fingerprint density at radius 3 is 2.31 bits per heavy atom. The number of nitrogens with zero attached hydrogens (tertiary/aromatic N) is 2. The minimum Gasteiger partial charge on any atom is -0.496 e. The Kier molecular flexibility index (Phi) is 5.67. The second-order valence-corrected chi connectivity index (χ2v) is 5.86. The largest absolute Gasteiger partial charge is 0.496 e. The van der Waals surface area contributed by atoms with Gasteiger partial charge in [-0.3, -0.25) is 4.98 Å². The lowest BCUT2D eigenvalue weighted by atomic mass is 10.1. The van der Waals surface area contributed by atoms with Gasteiger partial charge >= 0.3 is 12.1 Å². The van der Waals surface area contributed by atoms with Crippen LogP contribution in [0.4, 0.5) is 24.7 Å². The molecular formula is C20H16F3N3O3. The second-order valence-electron chi connectivity index (χ2n) is 5.86. The lowest BCUT2D eigenvalue weighted by Gasteiger charge is -2.13. The third kappa shape index (κ3) is 4.45. The molecule has 1 aromatic heterocycles. The Labute approximate surface area is 164 Å². The van der Waals surface area contributed by atoms with E-state index in [9.17, 15) is 18.0 Å². The highest BCUT2D eigenvalue weighted by Gasteiger charge is 2.30. The fraction of sp³-hybridized carbons (Fsp3) is 0.150. The number of aromatic nitrogens is 2. The summed E-state index contributed by atoms with van der Waals surface area (Å²) < 4.78 is 48.2. The standard InChI is InChI=1S/C20H16F3N3O3/c1-28-16-11-12(3-8-15(16)19(27)29-2)17-18(25-10-9-24-17)26-14-6-4-13(5-7-14)20(21,22)23/h3-11H,1-2H3,(H,25,26). The van der Waals surface area contributed by atoms with Gasteiger partial charge in [0.05, 0.1) is 19.8 Å². The summed E-state index contributed by atoms with van der Waals surface area (Å²) in [7, 11) is 2.69. The number of carbonyl (C=O) groups is 1. The number of methoxy groups -OCH3 is 2. The van der Waals surface area contributed by atoms with Gasteiger partial charge in [0.1, 0.15) is 17.0 Å². The molecule has 29 heavy (non-hydrogen) atoms. The first-order chi connectivity index (χ1) is 13.8. The number of benzene rings is 2. The average Bonchev–Trinajstić information content (AvgIpc) is 2.73. The van der Waals surface area contributed by atoms with Gasteiger partial charge in [-0.1, -0.05) is 6.07 Å². The van der Waals surface area contributed by atoms with E-state index in [-0.39, 0.29) is 5.56 Å². The van der Waals surface area contributed by atoms with E-state index in [0.29, 0.717) is 28.5 Å². The molecule has 0 saturated heterocycles. The molecule has 0 saturated carbocycles. The summed E-state index contributed by atoms with van der Waals surface area (Å²) in [5, 5.41) is 2.96. The molecule has 0 aliphatic rings. The number of hydrogen-bond donors (Lipinski definition) is 1. The van der Waals surface area contributed by atoms with Gasteiger partial charge in [0.2, 0.25) is 0 Å². The van der Waals surface area contributed by atoms with E-state index < -0.39 is 17.7 Å². The maximum Gasteiger partial charge on any atom is 0.416 e. The van der Waals surface area contributed by atoms with E-state index >= 15 is 0 Å². The predicted octanol–water partition coefficient (Wildman–Crippen LogP) is 4.70. The SMILES string of the molecule is COC(=O)c1ccc(-c2nccnc2Nc2ccc(C(F)(F)F)cc2)cc1OC. The fourth-order valence-electron chi connectivity index (χ4n) is 2.64. The second kappa shape index (κ2) is 8.17. The Morgan fingerprint density at radius 2 is 1.69 bits per heavy atom. The third-order valence-electron chi connectivity index (χ3n) is 4.05. The third-order valence-corrected chi connectivity index (χ3v) is 4.05.